The van der Waals surface area contributed by atoms with E-state index in [1.807, 2.05) is 6.92 Å². The van der Waals surface area contributed by atoms with Crippen molar-refractivity contribution in [1.82, 2.24) is 10.2 Å². The molecular formula is C14H26N4O2. The molecule has 0 aromatic rings. The first-order valence-electron chi connectivity index (χ1n) is 7.60. The summed E-state index contributed by atoms with van der Waals surface area (Å²) >= 11 is 0. The predicted molar refractivity (Wildman–Crippen MR) is 77.6 cm³/mol. The van der Waals surface area contributed by atoms with E-state index in [4.69, 9.17) is 10.9 Å². The SMILES string of the molecule is CC(CN1CCCCC1)NC(=O)C1(C(N)=NO)CCC1. The van der Waals surface area contributed by atoms with Crippen molar-refractivity contribution >= 4 is 11.7 Å². The number of oxime groups is 1. The molecule has 1 heterocycles. The van der Waals surface area contributed by atoms with E-state index in [9.17, 15) is 4.79 Å². The van der Waals surface area contributed by atoms with Crippen molar-refractivity contribution in [1.29, 1.82) is 0 Å². The molecule has 1 aliphatic carbocycles. The minimum Gasteiger partial charge on any atom is -0.409 e. The van der Waals surface area contributed by atoms with Crippen LogP contribution in [0.1, 0.15) is 45.4 Å². The van der Waals surface area contributed by atoms with Gasteiger partial charge in [-0.3, -0.25) is 4.79 Å². The van der Waals surface area contributed by atoms with Gasteiger partial charge in [-0.05, 0) is 45.7 Å². The number of hydrogen-bond acceptors (Lipinski definition) is 4. The number of amides is 1. The van der Waals surface area contributed by atoms with Gasteiger partial charge in [0, 0.05) is 12.6 Å². The maximum atomic E-state index is 12.4. The molecular weight excluding hydrogens is 256 g/mol. The van der Waals surface area contributed by atoms with Crippen molar-refractivity contribution < 1.29 is 10.0 Å². The zero-order valence-electron chi connectivity index (χ0n) is 12.3. The number of hydrogen-bond donors (Lipinski definition) is 3. The van der Waals surface area contributed by atoms with Crippen LogP contribution in [0.4, 0.5) is 0 Å². The second kappa shape index (κ2) is 6.43. The van der Waals surface area contributed by atoms with Gasteiger partial charge in [0.2, 0.25) is 5.91 Å². The molecule has 0 aromatic heterocycles. The molecule has 2 fully saturated rings. The van der Waals surface area contributed by atoms with E-state index in [1.165, 1.54) is 19.3 Å². The smallest absolute Gasteiger partial charge is 0.234 e. The number of nitrogens with two attached hydrogens (primary N) is 1. The Morgan fingerprint density at radius 1 is 1.35 bits per heavy atom. The molecule has 1 amide bonds. The molecule has 0 radical (unpaired) electrons. The molecule has 1 saturated heterocycles. The minimum absolute atomic E-state index is 0.0476. The molecule has 0 bridgehead atoms. The number of nitrogens with zero attached hydrogens (tertiary/aromatic N) is 2. The standard InChI is InChI=1S/C14H26N4O2/c1-11(10-18-8-3-2-4-9-18)16-13(19)14(6-5-7-14)12(15)17-20/h11,20H,2-10H2,1H3,(H2,15,17)(H,16,19). The van der Waals surface area contributed by atoms with Crippen LogP contribution in [0.3, 0.4) is 0 Å². The summed E-state index contributed by atoms with van der Waals surface area (Å²) in [7, 11) is 0. The fourth-order valence-electron chi connectivity index (χ4n) is 3.16. The second-order valence-corrected chi connectivity index (χ2v) is 6.16. The van der Waals surface area contributed by atoms with E-state index in [-0.39, 0.29) is 17.8 Å². The van der Waals surface area contributed by atoms with Gasteiger partial charge in [-0.25, -0.2) is 0 Å². The summed E-state index contributed by atoms with van der Waals surface area (Å²) in [6.45, 7) is 5.13. The largest absolute Gasteiger partial charge is 0.409 e. The number of carbonyl (C=O) groups is 1. The highest BCUT2D eigenvalue weighted by Crippen LogP contribution is 2.41. The maximum absolute atomic E-state index is 12.4. The second-order valence-electron chi connectivity index (χ2n) is 6.16. The summed E-state index contributed by atoms with van der Waals surface area (Å²) in [5, 5.41) is 14.9. The molecule has 20 heavy (non-hydrogen) atoms. The van der Waals surface area contributed by atoms with Crippen molar-refractivity contribution in [2.24, 2.45) is 16.3 Å². The monoisotopic (exact) mass is 282 g/mol. The van der Waals surface area contributed by atoms with Crippen molar-refractivity contribution in [3.8, 4) is 0 Å². The van der Waals surface area contributed by atoms with Gasteiger partial charge in [0.25, 0.3) is 0 Å². The summed E-state index contributed by atoms with van der Waals surface area (Å²) in [5.74, 6) is -0.0463. The number of piperidine rings is 1. The summed E-state index contributed by atoms with van der Waals surface area (Å²) in [4.78, 5) is 14.8. The Morgan fingerprint density at radius 2 is 2.00 bits per heavy atom. The maximum Gasteiger partial charge on any atom is 0.234 e. The lowest BCUT2D eigenvalue weighted by Gasteiger charge is -2.40. The lowest BCUT2D eigenvalue weighted by Crippen LogP contribution is -2.56. The highest BCUT2D eigenvalue weighted by atomic mass is 16.4. The van der Waals surface area contributed by atoms with Crippen LogP contribution in [0.15, 0.2) is 5.16 Å². The highest BCUT2D eigenvalue weighted by molar-refractivity contribution is 6.07. The molecule has 1 unspecified atom stereocenters. The van der Waals surface area contributed by atoms with Gasteiger partial charge in [-0.1, -0.05) is 18.0 Å². The number of carbonyl (C=O) groups excluding carboxylic acids is 1. The Bertz CT molecular complexity index is 373. The van der Waals surface area contributed by atoms with Crippen LogP contribution in [0.5, 0.6) is 0 Å². The number of nitrogens with one attached hydrogen (secondary N) is 1. The van der Waals surface area contributed by atoms with Gasteiger partial charge in [0.15, 0.2) is 5.84 Å². The van der Waals surface area contributed by atoms with E-state index >= 15 is 0 Å². The van der Waals surface area contributed by atoms with E-state index in [2.05, 4.69) is 15.4 Å². The molecule has 2 aliphatic rings. The fourth-order valence-corrected chi connectivity index (χ4v) is 3.16. The average Bonchev–Trinajstić information content (AvgIpc) is 2.38. The number of likely N-dealkylation sites (tertiary alicyclic amines) is 1. The van der Waals surface area contributed by atoms with E-state index in [0.717, 1.165) is 26.1 Å². The zero-order chi connectivity index (χ0) is 14.6. The molecule has 1 aliphatic heterocycles. The highest BCUT2D eigenvalue weighted by Gasteiger charge is 2.48. The average molecular weight is 282 g/mol. The molecule has 6 nitrogen and oxygen atoms in total. The molecule has 114 valence electrons. The van der Waals surface area contributed by atoms with Crippen molar-refractivity contribution in [2.45, 2.75) is 51.5 Å². The first-order valence-corrected chi connectivity index (χ1v) is 7.60. The molecule has 1 atom stereocenters. The quantitative estimate of drug-likeness (QED) is 0.302. The van der Waals surface area contributed by atoms with Gasteiger partial charge in [0.1, 0.15) is 5.41 Å². The normalized spacial score (nSPS) is 24.8. The first-order chi connectivity index (χ1) is 9.58. The molecule has 1 saturated carbocycles. The third kappa shape index (κ3) is 3.06. The lowest BCUT2D eigenvalue weighted by molar-refractivity contribution is -0.131. The molecule has 2 rings (SSSR count). The summed E-state index contributed by atoms with van der Waals surface area (Å²) in [6, 6.07) is 0.0876. The number of rotatable bonds is 5. The summed E-state index contributed by atoms with van der Waals surface area (Å²) < 4.78 is 0. The van der Waals surface area contributed by atoms with Crippen LogP contribution in [-0.4, -0.2) is 47.5 Å². The van der Waals surface area contributed by atoms with E-state index < -0.39 is 5.41 Å². The zero-order valence-corrected chi connectivity index (χ0v) is 12.3. The Kier molecular flexibility index (Phi) is 4.86. The molecule has 4 N–H and O–H groups in total. The molecule has 6 heteroatoms. The topological polar surface area (TPSA) is 91.0 Å². The number of amidine groups is 1. The van der Waals surface area contributed by atoms with Crippen LogP contribution in [0.2, 0.25) is 0 Å². The summed E-state index contributed by atoms with van der Waals surface area (Å²) in [5.41, 5.74) is 4.93. The van der Waals surface area contributed by atoms with E-state index in [1.54, 1.807) is 0 Å². The van der Waals surface area contributed by atoms with Crippen molar-refractivity contribution in [3.05, 3.63) is 0 Å². The van der Waals surface area contributed by atoms with Crippen LogP contribution in [0, 0.1) is 5.41 Å². The lowest BCUT2D eigenvalue weighted by atomic mass is 9.67. The van der Waals surface area contributed by atoms with Gasteiger partial charge < -0.3 is 21.2 Å². The van der Waals surface area contributed by atoms with Gasteiger partial charge >= 0.3 is 0 Å². The van der Waals surface area contributed by atoms with Gasteiger partial charge in [-0.15, -0.1) is 0 Å². The Balaban J connectivity index is 1.86. The van der Waals surface area contributed by atoms with Crippen LogP contribution in [-0.2, 0) is 4.79 Å². The summed E-state index contributed by atoms with van der Waals surface area (Å²) in [6.07, 6.45) is 6.09. The van der Waals surface area contributed by atoms with Crippen molar-refractivity contribution in [2.75, 3.05) is 19.6 Å². The first kappa shape index (κ1) is 15.1. The van der Waals surface area contributed by atoms with E-state index in [0.29, 0.717) is 12.8 Å². The Morgan fingerprint density at radius 3 is 2.50 bits per heavy atom. The minimum atomic E-state index is -0.773. The van der Waals surface area contributed by atoms with Gasteiger partial charge in [-0.2, -0.15) is 0 Å². The van der Waals surface area contributed by atoms with Crippen LogP contribution >= 0.6 is 0 Å². The molecule has 0 aromatic carbocycles. The Labute approximate surface area is 120 Å². The third-order valence-corrected chi connectivity index (χ3v) is 4.60. The predicted octanol–water partition coefficient (Wildman–Crippen LogP) is 0.894. The molecule has 0 spiro atoms. The van der Waals surface area contributed by atoms with Crippen molar-refractivity contribution in [3.63, 3.8) is 0 Å². The Hall–Kier alpha value is -1.30. The van der Waals surface area contributed by atoms with Gasteiger partial charge in [0.05, 0.1) is 0 Å². The fraction of sp³-hybridized carbons (Fsp3) is 0.857. The van der Waals surface area contributed by atoms with Crippen LogP contribution in [0.25, 0.3) is 0 Å². The van der Waals surface area contributed by atoms with Crippen LogP contribution < -0.4 is 11.1 Å². The third-order valence-electron chi connectivity index (χ3n) is 4.60.